The number of hydrogen-bond donors (Lipinski definition) is 3. The molecule has 2 amide bonds. The lowest BCUT2D eigenvalue weighted by Gasteiger charge is -2.15. The van der Waals surface area contributed by atoms with E-state index in [1.54, 1.807) is 24.3 Å². The summed E-state index contributed by atoms with van der Waals surface area (Å²) in [5, 5.41) is 18.5. The molecule has 3 aromatic rings. The van der Waals surface area contributed by atoms with Gasteiger partial charge in [-0.1, -0.05) is 66.2 Å². The Bertz CT molecular complexity index is 877. The van der Waals surface area contributed by atoms with E-state index in [0.29, 0.717) is 23.7 Å². The van der Waals surface area contributed by atoms with Crippen molar-refractivity contribution in [2.24, 2.45) is 0 Å². The smallest absolute Gasteiger partial charge is 0.319 e. The topological polar surface area (TPSA) is 61.4 Å². The zero-order chi connectivity index (χ0) is 17.6. The molecule has 128 valence electrons. The number of halogens is 1. The molecule has 0 bridgehead atoms. The van der Waals surface area contributed by atoms with Gasteiger partial charge in [0.25, 0.3) is 0 Å². The van der Waals surface area contributed by atoms with E-state index in [9.17, 15) is 9.90 Å². The third-order valence-corrected chi connectivity index (χ3v) is 4.34. The first kappa shape index (κ1) is 17.3. The fourth-order valence-corrected chi connectivity index (χ4v) is 2.93. The molecule has 3 rings (SSSR count). The molecular formula is C20H19ClN2O2. The number of hydrogen-bond acceptors (Lipinski definition) is 2. The average molecular weight is 355 g/mol. The summed E-state index contributed by atoms with van der Waals surface area (Å²) >= 11 is 6.01. The summed E-state index contributed by atoms with van der Waals surface area (Å²) in [5.74, 6) is 0. The van der Waals surface area contributed by atoms with Gasteiger partial charge in [-0.15, -0.1) is 0 Å². The highest BCUT2D eigenvalue weighted by Crippen LogP contribution is 2.26. The van der Waals surface area contributed by atoms with Crippen LogP contribution in [0.3, 0.4) is 0 Å². The standard InChI is InChI=1S/C20H19ClN2O2/c21-17-10-3-4-11-18(17)23-20(25)22-13-12-19(24)16-9-5-7-14-6-1-2-8-15(14)16/h1-11,19,24H,12-13H2,(H2,22,23,25). The van der Waals surface area contributed by atoms with Gasteiger partial charge in [0.2, 0.25) is 0 Å². The molecule has 0 radical (unpaired) electrons. The number of amides is 2. The monoisotopic (exact) mass is 354 g/mol. The number of rotatable bonds is 5. The molecule has 0 spiro atoms. The first-order valence-corrected chi connectivity index (χ1v) is 8.48. The van der Waals surface area contributed by atoms with Crippen molar-refractivity contribution in [3.8, 4) is 0 Å². The van der Waals surface area contributed by atoms with E-state index in [2.05, 4.69) is 10.6 Å². The van der Waals surface area contributed by atoms with Gasteiger partial charge in [-0.05, 0) is 34.9 Å². The van der Waals surface area contributed by atoms with Crippen LogP contribution in [-0.2, 0) is 0 Å². The van der Waals surface area contributed by atoms with E-state index in [1.165, 1.54) is 0 Å². The fraction of sp³-hybridized carbons (Fsp3) is 0.150. The SMILES string of the molecule is O=C(NCCC(O)c1cccc2ccccc12)Nc1ccccc1Cl. The maximum Gasteiger partial charge on any atom is 0.319 e. The van der Waals surface area contributed by atoms with Gasteiger partial charge in [-0.3, -0.25) is 0 Å². The molecule has 5 heteroatoms. The van der Waals surface area contributed by atoms with Crippen molar-refractivity contribution in [2.45, 2.75) is 12.5 Å². The minimum absolute atomic E-state index is 0.348. The highest BCUT2D eigenvalue weighted by atomic mass is 35.5. The lowest BCUT2D eigenvalue weighted by molar-refractivity contribution is 0.169. The minimum atomic E-state index is -0.647. The van der Waals surface area contributed by atoms with Crippen molar-refractivity contribution in [3.05, 3.63) is 77.3 Å². The van der Waals surface area contributed by atoms with E-state index >= 15 is 0 Å². The molecule has 4 nitrogen and oxygen atoms in total. The third-order valence-electron chi connectivity index (χ3n) is 4.01. The van der Waals surface area contributed by atoms with Crippen molar-refractivity contribution in [1.82, 2.24) is 5.32 Å². The predicted octanol–water partition coefficient (Wildman–Crippen LogP) is 4.74. The molecule has 0 aliphatic carbocycles. The normalized spacial score (nSPS) is 11.9. The summed E-state index contributed by atoms with van der Waals surface area (Å²) < 4.78 is 0. The Morgan fingerprint density at radius 2 is 1.72 bits per heavy atom. The van der Waals surface area contributed by atoms with Crippen LogP contribution in [0.5, 0.6) is 0 Å². The second-order valence-electron chi connectivity index (χ2n) is 5.73. The summed E-state index contributed by atoms with van der Waals surface area (Å²) in [6, 6.07) is 20.5. The zero-order valence-corrected chi connectivity index (χ0v) is 14.3. The van der Waals surface area contributed by atoms with Crippen molar-refractivity contribution in [1.29, 1.82) is 0 Å². The van der Waals surface area contributed by atoms with Crippen LogP contribution in [0.2, 0.25) is 5.02 Å². The Hall–Kier alpha value is -2.56. The first-order chi connectivity index (χ1) is 12.1. The summed E-state index contributed by atoms with van der Waals surface area (Å²) in [6.07, 6.45) is -0.226. The molecule has 0 saturated carbocycles. The quantitative estimate of drug-likeness (QED) is 0.619. The Morgan fingerprint density at radius 1 is 1.00 bits per heavy atom. The lowest BCUT2D eigenvalue weighted by Crippen LogP contribution is -2.30. The van der Waals surface area contributed by atoms with Gasteiger partial charge < -0.3 is 15.7 Å². The number of nitrogens with one attached hydrogen (secondary N) is 2. The number of carbonyl (C=O) groups excluding carboxylic acids is 1. The largest absolute Gasteiger partial charge is 0.388 e. The summed E-state index contributed by atoms with van der Waals surface area (Å²) in [6.45, 7) is 0.348. The van der Waals surface area contributed by atoms with Crippen LogP contribution >= 0.6 is 11.6 Å². The van der Waals surface area contributed by atoms with Gasteiger partial charge in [0, 0.05) is 6.54 Å². The maximum atomic E-state index is 11.9. The van der Waals surface area contributed by atoms with Gasteiger partial charge in [0.15, 0.2) is 0 Å². The van der Waals surface area contributed by atoms with E-state index in [-0.39, 0.29) is 6.03 Å². The number of urea groups is 1. The highest BCUT2D eigenvalue weighted by Gasteiger charge is 2.12. The zero-order valence-electron chi connectivity index (χ0n) is 13.6. The van der Waals surface area contributed by atoms with Crippen LogP contribution in [-0.4, -0.2) is 17.7 Å². The van der Waals surface area contributed by atoms with E-state index in [4.69, 9.17) is 11.6 Å². The Balaban J connectivity index is 1.56. The Morgan fingerprint density at radius 3 is 2.56 bits per heavy atom. The van der Waals surface area contributed by atoms with Crippen LogP contribution in [0.1, 0.15) is 18.1 Å². The Kier molecular flexibility index (Phi) is 5.53. The molecule has 1 unspecified atom stereocenters. The number of fused-ring (bicyclic) bond motifs is 1. The van der Waals surface area contributed by atoms with Crippen LogP contribution < -0.4 is 10.6 Å². The van der Waals surface area contributed by atoms with Gasteiger partial charge in [-0.2, -0.15) is 0 Å². The van der Waals surface area contributed by atoms with Crippen molar-refractivity contribution < 1.29 is 9.90 Å². The molecule has 0 aliphatic rings. The number of aliphatic hydroxyl groups excluding tert-OH is 1. The summed E-state index contributed by atoms with van der Waals surface area (Å²) in [7, 11) is 0. The predicted molar refractivity (Wildman–Crippen MR) is 102 cm³/mol. The summed E-state index contributed by atoms with van der Waals surface area (Å²) in [4.78, 5) is 11.9. The molecule has 3 N–H and O–H groups in total. The Labute approximate surface area is 151 Å². The van der Waals surface area contributed by atoms with Crippen molar-refractivity contribution in [3.63, 3.8) is 0 Å². The van der Waals surface area contributed by atoms with Crippen molar-refractivity contribution in [2.75, 3.05) is 11.9 Å². The van der Waals surface area contributed by atoms with Gasteiger partial charge in [0.05, 0.1) is 16.8 Å². The molecule has 0 saturated heterocycles. The molecule has 0 aliphatic heterocycles. The second-order valence-corrected chi connectivity index (χ2v) is 6.14. The fourth-order valence-electron chi connectivity index (χ4n) is 2.75. The van der Waals surface area contributed by atoms with Crippen molar-refractivity contribution >= 4 is 34.1 Å². The van der Waals surface area contributed by atoms with Crippen LogP contribution in [0, 0.1) is 0 Å². The number of anilines is 1. The lowest BCUT2D eigenvalue weighted by atomic mass is 9.99. The molecular weight excluding hydrogens is 336 g/mol. The van der Waals surface area contributed by atoms with Gasteiger partial charge in [0.1, 0.15) is 0 Å². The minimum Gasteiger partial charge on any atom is -0.388 e. The molecule has 0 aromatic heterocycles. The second kappa shape index (κ2) is 8.01. The molecule has 25 heavy (non-hydrogen) atoms. The molecule has 1 atom stereocenters. The van der Waals surface area contributed by atoms with Crippen LogP contribution in [0.4, 0.5) is 10.5 Å². The first-order valence-electron chi connectivity index (χ1n) is 8.10. The van der Waals surface area contributed by atoms with Crippen LogP contribution in [0.15, 0.2) is 66.7 Å². The van der Waals surface area contributed by atoms with E-state index in [0.717, 1.165) is 16.3 Å². The molecule has 0 heterocycles. The third kappa shape index (κ3) is 4.29. The molecule has 0 fully saturated rings. The maximum absolute atomic E-state index is 11.9. The number of aliphatic hydroxyl groups is 1. The van der Waals surface area contributed by atoms with E-state index < -0.39 is 6.10 Å². The molecule has 3 aromatic carbocycles. The number of benzene rings is 3. The summed E-state index contributed by atoms with van der Waals surface area (Å²) in [5.41, 5.74) is 1.42. The van der Waals surface area contributed by atoms with E-state index in [1.807, 2.05) is 42.5 Å². The number of para-hydroxylation sites is 1. The average Bonchev–Trinajstić information content (AvgIpc) is 2.63. The van der Waals surface area contributed by atoms with Gasteiger partial charge in [-0.25, -0.2) is 4.79 Å². The highest BCUT2D eigenvalue weighted by molar-refractivity contribution is 6.33. The van der Waals surface area contributed by atoms with Crippen LogP contribution in [0.25, 0.3) is 10.8 Å². The van der Waals surface area contributed by atoms with Gasteiger partial charge >= 0.3 is 6.03 Å². The number of carbonyl (C=O) groups is 1.